The van der Waals surface area contributed by atoms with Gasteiger partial charge in [0.25, 0.3) is 5.91 Å². The zero-order valence-electron chi connectivity index (χ0n) is 25.7. The van der Waals surface area contributed by atoms with Gasteiger partial charge < -0.3 is 25.5 Å². The predicted octanol–water partition coefficient (Wildman–Crippen LogP) is 3.08. The number of aromatic nitrogens is 2. The smallest absolute Gasteiger partial charge is 0.303 e. The van der Waals surface area contributed by atoms with Gasteiger partial charge in [0, 0.05) is 52.5 Å². The molecule has 0 saturated carbocycles. The molecular weight excluding hydrogens is 548 g/mol. The summed E-state index contributed by atoms with van der Waals surface area (Å²) in [7, 11) is 0. The number of nitrogens with one attached hydrogen (secondary N) is 3. The highest BCUT2D eigenvalue weighted by molar-refractivity contribution is 6.30. The summed E-state index contributed by atoms with van der Waals surface area (Å²) in [5.74, 6) is -2.12. The van der Waals surface area contributed by atoms with Crippen LogP contribution in [0.25, 0.3) is 12.2 Å². The lowest BCUT2D eigenvalue weighted by atomic mass is 9.96. The van der Waals surface area contributed by atoms with Crippen LogP contribution in [-0.2, 0) is 38.4 Å². The van der Waals surface area contributed by atoms with Gasteiger partial charge in [-0.3, -0.25) is 19.2 Å². The molecule has 0 saturated heterocycles. The largest absolute Gasteiger partial charge is 0.481 e. The molecule has 0 spiro atoms. The number of carboxylic acids is 2. The van der Waals surface area contributed by atoms with Crippen LogP contribution in [0.3, 0.4) is 0 Å². The summed E-state index contributed by atoms with van der Waals surface area (Å²) in [5, 5.41) is 23.4. The van der Waals surface area contributed by atoms with Gasteiger partial charge in [0.05, 0.1) is 11.8 Å². The van der Waals surface area contributed by atoms with Crippen LogP contribution in [0.5, 0.6) is 0 Å². The average molecular weight is 589 g/mol. The van der Waals surface area contributed by atoms with Crippen molar-refractivity contribution in [2.75, 3.05) is 0 Å². The highest BCUT2D eigenvalue weighted by atomic mass is 16.4. The number of H-pyrrole nitrogens is 2. The van der Waals surface area contributed by atoms with Gasteiger partial charge in [0.1, 0.15) is 0 Å². The van der Waals surface area contributed by atoms with Gasteiger partial charge in [-0.2, -0.15) is 0 Å². The minimum absolute atomic E-state index is 0.0494. The number of carbonyl (C=O) groups is 4. The van der Waals surface area contributed by atoms with E-state index in [0.29, 0.717) is 35.9 Å². The van der Waals surface area contributed by atoms with E-state index < -0.39 is 11.9 Å². The first-order chi connectivity index (χ1) is 20.4. The van der Waals surface area contributed by atoms with E-state index in [1.807, 2.05) is 53.7 Å². The van der Waals surface area contributed by atoms with Crippen LogP contribution in [0.15, 0.2) is 27.3 Å². The van der Waals surface area contributed by atoms with Crippen molar-refractivity contribution in [3.8, 4) is 0 Å². The SMILES string of the molecule is CCC1=C(C)C(/C=c2/[nH]/c(=C\c3[nH]c(C[C@@H]4NC(=O)C(C)=C4CC)c(C)c3CCC(=O)O)c(CCC(=O)O)c2C)=NC1=O. The molecule has 0 fully saturated rings. The van der Waals surface area contributed by atoms with E-state index >= 15 is 0 Å². The lowest BCUT2D eigenvalue weighted by Gasteiger charge is -2.14. The van der Waals surface area contributed by atoms with E-state index in [1.165, 1.54) is 0 Å². The topological polar surface area (TPSA) is 165 Å². The second-order valence-corrected chi connectivity index (χ2v) is 11.2. The van der Waals surface area contributed by atoms with Crippen molar-refractivity contribution >= 4 is 41.6 Å². The summed E-state index contributed by atoms with van der Waals surface area (Å²) >= 11 is 0. The van der Waals surface area contributed by atoms with E-state index in [0.717, 1.165) is 62.1 Å². The molecule has 2 aliphatic rings. The molecule has 5 N–H and O–H groups in total. The molecule has 43 heavy (non-hydrogen) atoms. The highest BCUT2D eigenvalue weighted by Crippen LogP contribution is 2.27. The van der Waals surface area contributed by atoms with Gasteiger partial charge in [-0.25, -0.2) is 4.99 Å². The number of hydrogen-bond acceptors (Lipinski definition) is 4. The van der Waals surface area contributed by atoms with Gasteiger partial charge >= 0.3 is 11.9 Å². The van der Waals surface area contributed by atoms with Crippen molar-refractivity contribution in [2.24, 2.45) is 4.99 Å². The van der Waals surface area contributed by atoms with Crippen LogP contribution in [0.2, 0.25) is 0 Å². The summed E-state index contributed by atoms with van der Waals surface area (Å²) in [6.07, 6.45) is 6.09. The molecule has 0 bridgehead atoms. The number of carbonyl (C=O) groups excluding carboxylic acids is 2. The normalized spacial score (nSPS) is 17.9. The number of carboxylic acid groups (broad SMARTS) is 2. The monoisotopic (exact) mass is 588 g/mol. The number of allylic oxidation sites excluding steroid dienone is 1. The summed E-state index contributed by atoms with van der Waals surface area (Å²) in [6, 6.07) is -0.144. The fraction of sp³-hybridized carbons (Fsp3) is 0.424. The molecule has 2 aliphatic heterocycles. The number of aromatic amines is 2. The molecule has 0 aliphatic carbocycles. The Bertz CT molecular complexity index is 1730. The van der Waals surface area contributed by atoms with Crippen molar-refractivity contribution in [2.45, 2.75) is 92.5 Å². The number of amides is 2. The molecule has 2 amide bonds. The van der Waals surface area contributed by atoms with Crippen LogP contribution in [0.1, 0.15) is 87.0 Å². The Labute approximate surface area is 250 Å². The summed E-state index contributed by atoms with van der Waals surface area (Å²) in [4.78, 5) is 58.9. The van der Waals surface area contributed by atoms with Crippen molar-refractivity contribution < 1.29 is 29.4 Å². The van der Waals surface area contributed by atoms with Crippen molar-refractivity contribution in [3.05, 3.63) is 66.6 Å². The standard InChI is InChI=1S/C33H40N4O6/c1-7-20-19(6)32(42)37-27(20)14-25-18(5)23(10-12-31(40)41)29(35-25)15-28-22(9-11-30(38)39)17(4)24(34-28)13-26-16(3)21(8-2)33(43)36-26/h13,15,27,34-35H,7-12,14H2,1-6H3,(H,37,42)(H,38,39)(H,40,41)/b24-13+,28-15-/t27-/m0/s1. The van der Waals surface area contributed by atoms with Gasteiger partial charge in [0.15, 0.2) is 0 Å². The van der Waals surface area contributed by atoms with Crippen LogP contribution in [-0.4, -0.2) is 55.7 Å². The maximum Gasteiger partial charge on any atom is 0.303 e. The Morgan fingerprint density at radius 1 is 0.837 bits per heavy atom. The Kier molecular flexibility index (Phi) is 9.37. The summed E-state index contributed by atoms with van der Waals surface area (Å²) in [6.45, 7) is 11.5. The van der Waals surface area contributed by atoms with Gasteiger partial charge in [-0.05, 0) is 98.9 Å². The van der Waals surface area contributed by atoms with Crippen LogP contribution < -0.4 is 16.0 Å². The number of aliphatic imine (C=N–C) groups is 1. The zero-order valence-corrected chi connectivity index (χ0v) is 25.7. The molecule has 4 rings (SSSR count). The molecule has 2 aromatic heterocycles. The fourth-order valence-electron chi connectivity index (χ4n) is 6.16. The Morgan fingerprint density at radius 3 is 2.07 bits per heavy atom. The zero-order chi connectivity index (χ0) is 31.6. The van der Waals surface area contributed by atoms with E-state index in [-0.39, 0.29) is 37.1 Å². The quantitative estimate of drug-likeness (QED) is 0.256. The maximum atomic E-state index is 12.4. The van der Waals surface area contributed by atoms with Crippen LogP contribution >= 0.6 is 0 Å². The maximum absolute atomic E-state index is 12.4. The minimum atomic E-state index is -0.914. The van der Waals surface area contributed by atoms with Crippen molar-refractivity contribution in [1.29, 1.82) is 0 Å². The van der Waals surface area contributed by atoms with E-state index in [4.69, 9.17) is 0 Å². The number of rotatable bonds is 12. The summed E-state index contributed by atoms with van der Waals surface area (Å²) in [5.41, 5.74) is 9.03. The predicted molar refractivity (Wildman–Crippen MR) is 164 cm³/mol. The number of nitrogens with zero attached hydrogens (tertiary/aromatic N) is 1. The first-order valence-electron chi connectivity index (χ1n) is 14.7. The molecule has 0 unspecified atom stereocenters. The van der Waals surface area contributed by atoms with Gasteiger partial charge in [0.2, 0.25) is 5.91 Å². The van der Waals surface area contributed by atoms with Crippen LogP contribution in [0.4, 0.5) is 0 Å². The molecular formula is C33H40N4O6. The molecule has 10 nitrogen and oxygen atoms in total. The Morgan fingerprint density at radius 2 is 1.49 bits per heavy atom. The molecule has 4 heterocycles. The first-order valence-corrected chi connectivity index (χ1v) is 14.7. The fourth-order valence-corrected chi connectivity index (χ4v) is 6.16. The third-order valence-electron chi connectivity index (χ3n) is 8.72. The van der Waals surface area contributed by atoms with Crippen molar-refractivity contribution in [3.63, 3.8) is 0 Å². The lowest BCUT2D eigenvalue weighted by Crippen LogP contribution is -2.31. The Hall–Kier alpha value is -4.47. The van der Waals surface area contributed by atoms with Crippen molar-refractivity contribution in [1.82, 2.24) is 15.3 Å². The van der Waals surface area contributed by atoms with Gasteiger partial charge in [-0.15, -0.1) is 0 Å². The average Bonchev–Trinajstić information content (AvgIpc) is 3.59. The summed E-state index contributed by atoms with van der Waals surface area (Å²) < 4.78 is 0. The lowest BCUT2D eigenvalue weighted by molar-refractivity contribution is -0.138. The second-order valence-electron chi connectivity index (χ2n) is 11.2. The molecule has 2 aromatic rings. The highest BCUT2D eigenvalue weighted by Gasteiger charge is 2.29. The molecule has 1 atom stereocenters. The third kappa shape index (κ3) is 6.48. The van der Waals surface area contributed by atoms with Crippen LogP contribution in [0, 0.1) is 13.8 Å². The molecule has 0 radical (unpaired) electrons. The van der Waals surface area contributed by atoms with E-state index in [2.05, 4.69) is 20.3 Å². The second kappa shape index (κ2) is 12.8. The number of hydrogen-bond donors (Lipinski definition) is 5. The Balaban J connectivity index is 1.85. The third-order valence-corrected chi connectivity index (χ3v) is 8.72. The number of aliphatic carboxylic acids is 2. The first kappa shape index (κ1) is 31.5. The van der Waals surface area contributed by atoms with Gasteiger partial charge in [-0.1, -0.05) is 13.8 Å². The van der Waals surface area contributed by atoms with E-state index in [9.17, 15) is 29.4 Å². The molecule has 10 heteroatoms. The molecule has 228 valence electrons. The van der Waals surface area contributed by atoms with E-state index in [1.54, 1.807) is 0 Å². The molecule has 0 aromatic carbocycles. The minimum Gasteiger partial charge on any atom is -0.481 e.